The molecule has 0 aliphatic heterocycles. The SMILES string of the molecule is C[C@@H](NC1CCCCC(c2ccc(CN[S+](C)[O-])cc2)C1)c1cccc2ccccc12. The molecule has 2 N–H and O–H groups in total. The highest BCUT2D eigenvalue weighted by molar-refractivity contribution is 7.88. The first-order valence-corrected chi connectivity index (χ1v) is 13.1. The lowest BCUT2D eigenvalue weighted by molar-refractivity contribution is 0.400. The molecule has 4 rings (SSSR count). The summed E-state index contributed by atoms with van der Waals surface area (Å²) < 4.78 is 14.3. The molecule has 164 valence electrons. The second-order valence-corrected chi connectivity index (χ2v) is 10.1. The van der Waals surface area contributed by atoms with Crippen molar-refractivity contribution in [1.82, 2.24) is 10.0 Å². The Labute approximate surface area is 190 Å². The zero-order valence-corrected chi connectivity index (χ0v) is 19.5. The molecule has 0 spiro atoms. The molecule has 0 saturated heterocycles. The van der Waals surface area contributed by atoms with E-state index >= 15 is 0 Å². The summed E-state index contributed by atoms with van der Waals surface area (Å²) in [5, 5.41) is 6.64. The van der Waals surface area contributed by atoms with Crippen LogP contribution in [0.5, 0.6) is 0 Å². The van der Waals surface area contributed by atoms with Crippen molar-refractivity contribution in [2.24, 2.45) is 0 Å². The average Bonchev–Trinajstić information content (AvgIpc) is 3.03. The highest BCUT2D eigenvalue weighted by Crippen LogP contribution is 2.33. The van der Waals surface area contributed by atoms with Gasteiger partial charge in [-0.25, -0.2) is 0 Å². The third-order valence-corrected chi connectivity index (χ3v) is 7.18. The lowest BCUT2D eigenvalue weighted by atomic mass is 9.89. The molecular formula is C27H34N2OS. The van der Waals surface area contributed by atoms with Gasteiger partial charge < -0.3 is 9.87 Å². The Bertz CT molecular complexity index is 967. The number of nitrogens with one attached hydrogen (secondary N) is 2. The lowest BCUT2D eigenvalue weighted by Crippen LogP contribution is -2.32. The van der Waals surface area contributed by atoms with Crippen molar-refractivity contribution in [3.8, 4) is 0 Å². The molecule has 4 heteroatoms. The first-order valence-electron chi connectivity index (χ1n) is 11.5. The molecule has 3 nitrogen and oxygen atoms in total. The van der Waals surface area contributed by atoms with Crippen LogP contribution in [-0.2, 0) is 17.9 Å². The van der Waals surface area contributed by atoms with Crippen molar-refractivity contribution in [3.05, 3.63) is 83.4 Å². The van der Waals surface area contributed by atoms with Crippen molar-refractivity contribution in [2.45, 2.75) is 63.6 Å². The van der Waals surface area contributed by atoms with Gasteiger partial charge in [0.2, 0.25) is 0 Å². The van der Waals surface area contributed by atoms with E-state index in [9.17, 15) is 4.55 Å². The fourth-order valence-corrected chi connectivity index (χ4v) is 5.35. The summed E-state index contributed by atoms with van der Waals surface area (Å²) in [6.07, 6.45) is 7.95. The van der Waals surface area contributed by atoms with Gasteiger partial charge in [-0.15, -0.1) is 4.72 Å². The van der Waals surface area contributed by atoms with Gasteiger partial charge in [0.25, 0.3) is 0 Å². The van der Waals surface area contributed by atoms with Gasteiger partial charge in [0.15, 0.2) is 0 Å². The monoisotopic (exact) mass is 434 g/mol. The van der Waals surface area contributed by atoms with E-state index in [0.29, 0.717) is 24.5 Å². The van der Waals surface area contributed by atoms with Gasteiger partial charge >= 0.3 is 0 Å². The minimum Gasteiger partial charge on any atom is -0.598 e. The Morgan fingerprint density at radius 3 is 2.52 bits per heavy atom. The number of hydrogen-bond donors (Lipinski definition) is 2. The Hall–Kier alpha value is -1.85. The van der Waals surface area contributed by atoms with Crippen LogP contribution in [0.15, 0.2) is 66.7 Å². The summed E-state index contributed by atoms with van der Waals surface area (Å²) in [5.74, 6) is 0.599. The minimum absolute atomic E-state index is 0.332. The van der Waals surface area contributed by atoms with Crippen molar-refractivity contribution in [3.63, 3.8) is 0 Å². The van der Waals surface area contributed by atoms with E-state index in [-0.39, 0.29) is 0 Å². The Balaban J connectivity index is 1.43. The molecule has 3 unspecified atom stereocenters. The predicted octanol–water partition coefficient (Wildman–Crippen LogP) is 5.99. The third kappa shape index (κ3) is 5.89. The van der Waals surface area contributed by atoms with E-state index in [0.717, 1.165) is 0 Å². The van der Waals surface area contributed by atoms with Crippen LogP contribution in [0.1, 0.15) is 67.7 Å². The quantitative estimate of drug-likeness (QED) is 0.355. The zero-order chi connectivity index (χ0) is 21.6. The second-order valence-electron chi connectivity index (χ2n) is 8.89. The first kappa shape index (κ1) is 22.3. The molecule has 0 bridgehead atoms. The molecule has 4 atom stereocenters. The third-order valence-electron chi connectivity index (χ3n) is 6.63. The van der Waals surface area contributed by atoms with Gasteiger partial charge in [-0.3, -0.25) is 0 Å². The van der Waals surface area contributed by atoms with Crippen molar-refractivity contribution in [2.75, 3.05) is 6.26 Å². The van der Waals surface area contributed by atoms with Gasteiger partial charge in [-0.1, -0.05) is 79.6 Å². The van der Waals surface area contributed by atoms with Crippen LogP contribution in [0.3, 0.4) is 0 Å². The molecule has 31 heavy (non-hydrogen) atoms. The summed E-state index contributed by atoms with van der Waals surface area (Å²) in [4.78, 5) is 0. The van der Waals surface area contributed by atoms with Gasteiger partial charge in [0.1, 0.15) is 6.26 Å². The van der Waals surface area contributed by atoms with Crippen LogP contribution in [-0.4, -0.2) is 16.9 Å². The van der Waals surface area contributed by atoms with Crippen molar-refractivity contribution in [1.29, 1.82) is 0 Å². The average molecular weight is 435 g/mol. The normalized spacial score (nSPS) is 21.5. The Morgan fingerprint density at radius 1 is 0.968 bits per heavy atom. The number of hydrogen-bond acceptors (Lipinski definition) is 3. The fourth-order valence-electron chi connectivity index (χ4n) is 4.98. The van der Waals surface area contributed by atoms with Crippen LogP contribution in [0.2, 0.25) is 0 Å². The minimum atomic E-state index is -0.972. The smallest absolute Gasteiger partial charge is 0.115 e. The largest absolute Gasteiger partial charge is 0.598 e. The van der Waals surface area contributed by atoms with E-state index in [1.165, 1.54) is 59.6 Å². The molecule has 0 amide bonds. The van der Waals surface area contributed by atoms with E-state index in [1.54, 1.807) is 6.26 Å². The van der Waals surface area contributed by atoms with Crippen LogP contribution in [0, 0.1) is 0 Å². The van der Waals surface area contributed by atoms with Crippen LogP contribution >= 0.6 is 0 Å². The fraction of sp³-hybridized carbons (Fsp3) is 0.407. The molecule has 3 aromatic carbocycles. The molecule has 1 aliphatic carbocycles. The highest BCUT2D eigenvalue weighted by Gasteiger charge is 2.23. The topological polar surface area (TPSA) is 47.1 Å². The molecule has 1 saturated carbocycles. The first-order chi connectivity index (χ1) is 15.1. The van der Waals surface area contributed by atoms with Gasteiger partial charge in [0.05, 0.1) is 6.54 Å². The summed E-state index contributed by atoms with van der Waals surface area (Å²) in [7, 11) is 0. The lowest BCUT2D eigenvalue weighted by Gasteiger charge is -2.26. The van der Waals surface area contributed by atoms with E-state index in [4.69, 9.17) is 0 Å². The van der Waals surface area contributed by atoms with Crippen LogP contribution < -0.4 is 10.0 Å². The van der Waals surface area contributed by atoms with E-state index < -0.39 is 11.4 Å². The van der Waals surface area contributed by atoms with E-state index in [1.807, 2.05) is 0 Å². The molecular weight excluding hydrogens is 400 g/mol. The maximum Gasteiger partial charge on any atom is 0.115 e. The van der Waals surface area contributed by atoms with Crippen molar-refractivity contribution >= 4 is 22.1 Å². The maximum atomic E-state index is 11.3. The molecule has 1 aliphatic rings. The molecule has 3 aromatic rings. The maximum absolute atomic E-state index is 11.3. The second kappa shape index (κ2) is 10.6. The van der Waals surface area contributed by atoms with Crippen LogP contribution in [0.4, 0.5) is 0 Å². The van der Waals surface area contributed by atoms with E-state index in [2.05, 4.69) is 83.7 Å². The number of rotatable bonds is 7. The molecule has 0 radical (unpaired) electrons. The zero-order valence-electron chi connectivity index (χ0n) is 18.6. The van der Waals surface area contributed by atoms with Gasteiger partial charge in [-0.05, 0) is 59.6 Å². The molecule has 1 fully saturated rings. The highest BCUT2D eigenvalue weighted by atomic mass is 32.2. The summed E-state index contributed by atoms with van der Waals surface area (Å²) in [6.45, 7) is 2.96. The number of fused-ring (bicyclic) bond motifs is 1. The summed E-state index contributed by atoms with van der Waals surface area (Å²) in [6, 6.07) is 25.1. The predicted molar refractivity (Wildman–Crippen MR) is 132 cm³/mol. The summed E-state index contributed by atoms with van der Waals surface area (Å²) >= 11 is -0.972. The molecule has 0 heterocycles. The summed E-state index contributed by atoms with van der Waals surface area (Å²) in [5.41, 5.74) is 4.02. The standard InChI is InChI=1S/C27H34N2OS/c1-20(26-13-7-10-23-8-4-6-12-27(23)26)29-25-11-5-3-9-24(18-25)22-16-14-21(15-17-22)19-28-31(2)30/h4,6-8,10,12-17,20,24-25,28-29H,3,5,9,11,18-19H2,1-2H3/t20-,24?,25?,31?/m1/s1. The Morgan fingerprint density at radius 2 is 1.71 bits per heavy atom. The van der Waals surface area contributed by atoms with Crippen LogP contribution in [0.25, 0.3) is 10.8 Å². The number of benzene rings is 3. The molecule has 0 aromatic heterocycles. The Kier molecular flexibility index (Phi) is 7.67. The van der Waals surface area contributed by atoms with Gasteiger partial charge in [-0.2, -0.15) is 0 Å². The van der Waals surface area contributed by atoms with Gasteiger partial charge in [0, 0.05) is 23.4 Å². The van der Waals surface area contributed by atoms with Crippen molar-refractivity contribution < 1.29 is 4.55 Å².